The quantitative estimate of drug-likeness (QED) is 0.268. The third-order valence-electron chi connectivity index (χ3n) is 4.81. The van der Waals surface area contributed by atoms with Gasteiger partial charge in [-0.25, -0.2) is 4.58 Å². The molecule has 0 saturated carbocycles. The number of hydrogen-bond acceptors (Lipinski definition) is 1. The number of ether oxygens (including phenoxy) is 1. The van der Waals surface area contributed by atoms with E-state index in [1.807, 2.05) is 36.4 Å². The Hall–Kier alpha value is -3.87. The molecule has 2 aliphatic rings. The number of hydrogen-bond donors (Lipinski definition) is 0. The zero-order valence-electron chi connectivity index (χ0n) is 18.8. The van der Waals surface area contributed by atoms with E-state index in [1.165, 1.54) is 11.3 Å². The first kappa shape index (κ1) is 24.8. The molecule has 0 radical (unpaired) electrons. The largest absolute Gasteiger partial charge is 0.673 e. The molecule has 2 aromatic rings. The van der Waals surface area contributed by atoms with E-state index >= 15 is 0 Å². The highest BCUT2D eigenvalue weighted by Crippen LogP contribution is 2.32. The molecule has 174 valence electrons. The van der Waals surface area contributed by atoms with Crippen LogP contribution in [0.15, 0.2) is 120 Å². The predicted octanol–water partition coefficient (Wildman–Crippen LogP) is 7.09. The molecule has 1 aliphatic heterocycles. The van der Waals surface area contributed by atoms with Gasteiger partial charge in [0.1, 0.15) is 25.6 Å². The molecule has 0 amide bonds. The van der Waals surface area contributed by atoms with E-state index in [1.54, 1.807) is 0 Å². The van der Waals surface area contributed by atoms with Crippen LogP contribution in [0, 0.1) is 0 Å². The van der Waals surface area contributed by atoms with Crippen molar-refractivity contribution in [3.05, 3.63) is 132 Å². The highest BCUT2D eigenvalue weighted by atomic mass is 19.5. The maximum absolute atomic E-state index is 9.75. The smallest absolute Gasteiger partial charge is 0.456 e. The van der Waals surface area contributed by atoms with E-state index < -0.39 is 7.25 Å². The van der Waals surface area contributed by atoms with Crippen molar-refractivity contribution in [3.8, 4) is 0 Å². The minimum atomic E-state index is -6.00. The van der Waals surface area contributed by atoms with Crippen molar-refractivity contribution in [2.75, 3.05) is 14.1 Å². The SMILES string of the molecule is C[N+](C)=C1C=CC(=CC=C2C=C(c3ccccc3)OC(c3ccccc3)=C2)C=C1.F[B-](F)(F)F. The lowest BCUT2D eigenvalue weighted by Crippen LogP contribution is -2.09. The van der Waals surface area contributed by atoms with Crippen molar-refractivity contribution >= 4 is 24.5 Å². The number of halogens is 4. The molecule has 2 aromatic carbocycles. The lowest BCUT2D eigenvalue weighted by molar-refractivity contribution is -0.462. The van der Waals surface area contributed by atoms with Gasteiger partial charge in [0.2, 0.25) is 0 Å². The fourth-order valence-electron chi connectivity index (χ4n) is 3.18. The third-order valence-corrected chi connectivity index (χ3v) is 4.81. The first-order chi connectivity index (χ1) is 16.2. The summed E-state index contributed by atoms with van der Waals surface area (Å²) >= 11 is 0. The van der Waals surface area contributed by atoms with Gasteiger partial charge in [0.25, 0.3) is 0 Å². The van der Waals surface area contributed by atoms with Crippen LogP contribution in [0.2, 0.25) is 0 Å². The summed E-state index contributed by atoms with van der Waals surface area (Å²) in [6.07, 6.45) is 17.0. The van der Waals surface area contributed by atoms with Crippen molar-refractivity contribution in [2.45, 2.75) is 0 Å². The molecule has 0 fully saturated rings. The molecule has 0 unspecified atom stereocenters. The minimum absolute atomic E-state index is 0.856. The average Bonchev–Trinajstić information content (AvgIpc) is 2.83. The Labute approximate surface area is 197 Å². The predicted molar refractivity (Wildman–Crippen MR) is 132 cm³/mol. The molecule has 34 heavy (non-hydrogen) atoms. The van der Waals surface area contributed by atoms with E-state index in [9.17, 15) is 17.3 Å². The summed E-state index contributed by atoms with van der Waals surface area (Å²) in [6, 6.07) is 20.4. The molecule has 0 atom stereocenters. The van der Waals surface area contributed by atoms with Gasteiger partial charge in [-0.1, -0.05) is 72.8 Å². The lowest BCUT2D eigenvalue weighted by atomic mass is 10.0. The Balaban J connectivity index is 0.000000588. The average molecular weight is 465 g/mol. The summed E-state index contributed by atoms with van der Waals surface area (Å²) in [6.45, 7) is 0. The first-order valence-corrected chi connectivity index (χ1v) is 10.6. The van der Waals surface area contributed by atoms with Crippen LogP contribution in [0.5, 0.6) is 0 Å². The van der Waals surface area contributed by atoms with E-state index in [-0.39, 0.29) is 0 Å². The summed E-state index contributed by atoms with van der Waals surface area (Å²) < 4.78 is 47.3. The molecular formula is C27H24BF4NO. The highest BCUT2D eigenvalue weighted by molar-refractivity contribution is 6.50. The second-order valence-corrected chi connectivity index (χ2v) is 7.67. The third kappa shape index (κ3) is 7.92. The summed E-state index contributed by atoms with van der Waals surface area (Å²) in [7, 11) is -1.90. The van der Waals surface area contributed by atoms with Gasteiger partial charge in [-0.05, 0) is 35.5 Å². The monoisotopic (exact) mass is 465 g/mol. The van der Waals surface area contributed by atoms with Crippen molar-refractivity contribution in [1.29, 1.82) is 0 Å². The van der Waals surface area contributed by atoms with Gasteiger partial charge in [-0.3, -0.25) is 0 Å². The molecule has 0 N–H and O–H groups in total. The van der Waals surface area contributed by atoms with E-state index in [0.29, 0.717) is 0 Å². The van der Waals surface area contributed by atoms with Gasteiger partial charge in [-0.2, -0.15) is 0 Å². The molecule has 0 spiro atoms. The van der Waals surface area contributed by atoms with Crippen LogP contribution in [0.25, 0.3) is 11.5 Å². The number of nitrogens with zero attached hydrogens (tertiary/aromatic N) is 1. The van der Waals surface area contributed by atoms with Gasteiger partial charge in [-0.15, -0.1) is 0 Å². The van der Waals surface area contributed by atoms with Crippen molar-refractivity contribution in [3.63, 3.8) is 0 Å². The maximum Gasteiger partial charge on any atom is 0.673 e. The molecule has 0 saturated heterocycles. The summed E-state index contributed by atoms with van der Waals surface area (Å²) in [5, 5.41) is 0. The highest BCUT2D eigenvalue weighted by Gasteiger charge is 2.20. The van der Waals surface area contributed by atoms with Crippen molar-refractivity contribution in [2.24, 2.45) is 0 Å². The topological polar surface area (TPSA) is 12.2 Å². The maximum atomic E-state index is 9.75. The van der Waals surface area contributed by atoms with Gasteiger partial charge in [0.05, 0.1) is 0 Å². The lowest BCUT2D eigenvalue weighted by Gasteiger charge is -2.19. The van der Waals surface area contributed by atoms with Crippen LogP contribution >= 0.6 is 0 Å². The Kier molecular flexibility index (Phi) is 8.25. The Morgan fingerprint density at radius 3 is 1.47 bits per heavy atom. The Morgan fingerprint density at radius 1 is 0.647 bits per heavy atom. The molecule has 7 heteroatoms. The first-order valence-electron chi connectivity index (χ1n) is 10.6. The molecule has 4 rings (SSSR count). The molecule has 2 nitrogen and oxygen atoms in total. The van der Waals surface area contributed by atoms with Gasteiger partial charge >= 0.3 is 7.25 Å². The molecule has 0 bridgehead atoms. The van der Waals surface area contributed by atoms with Gasteiger partial charge in [0, 0.05) is 23.3 Å². The van der Waals surface area contributed by atoms with Crippen LogP contribution in [0.1, 0.15) is 11.1 Å². The zero-order chi connectivity index (χ0) is 24.6. The van der Waals surface area contributed by atoms with Crippen molar-refractivity contribution in [1.82, 2.24) is 0 Å². The second kappa shape index (κ2) is 11.3. The van der Waals surface area contributed by atoms with Crippen LogP contribution in [-0.4, -0.2) is 31.6 Å². The summed E-state index contributed by atoms with van der Waals surface area (Å²) in [4.78, 5) is 0. The molecular weight excluding hydrogens is 441 g/mol. The zero-order valence-corrected chi connectivity index (χ0v) is 18.8. The number of rotatable bonds is 3. The molecule has 1 aliphatic carbocycles. The van der Waals surface area contributed by atoms with E-state index in [2.05, 4.69) is 91.5 Å². The summed E-state index contributed by atoms with van der Waals surface area (Å²) in [5.41, 5.74) is 5.59. The van der Waals surface area contributed by atoms with Crippen LogP contribution in [-0.2, 0) is 4.74 Å². The number of allylic oxidation sites excluding steroid dienone is 10. The van der Waals surface area contributed by atoms with Crippen molar-refractivity contribution < 1.29 is 26.6 Å². The molecule has 1 heterocycles. The van der Waals surface area contributed by atoms with Crippen LogP contribution in [0.4, 0.5) is 17.3 Å². The normalized spacial score (nSPS) is 14.9. The fraction of sp³-hybridized carbons (Fsp3) is 0.0741. The minimum Gasteiger partial charge on any atom is -0.456 e. The Morgan fingerprint density at radius 2 is 1.06 bits per heavy atom. The van der Waals surface area contributed by atoms with E-state index in [4.69, 9.17) is 4.74 Å². The summed E-state index contributed by atoms with van der Waals surface area (Å²) in [5.74, 6) is 1.71. The van der Waals surface area contributed by atoms with Crippen LogP contribution < -0.4 is 0 Å². The fourth-order valence-corrected chi connectivity index (χ4v) is 3.18. The van der Waals surface area contributed by atoms with Crippen LogP contribution in [0.3, 0.4) is 0 Å². The standard InChI is InChI=1S/C27H24NO.BF4/c1-28(2)25-17-15-21(16-18-25)13-14-22-19-26(23-9-5-3-6-10-23)29-27(20-22)24-11-7-4-8-12-24;2-1(3,4)5/h3-20H,1-2H3;/q+1;-1. The molecule has 0 aromatic heterocycles. The van der Waals surface area contributed by atoms with E-state index in [0.717, 1.165) is 28.2 Å². The Bertz CT molecular complexity index is 1130. The number of benzene rings is 2. The second-order valence-electron chi connectivity index (χ2n) is 7.67. The van der Waals surface area contributed by atoms with Gasteiger partial charge in [0.15, 0.2) is 5.71 Å². The van der Waals surface area contributed by atoms with Gasteiger partial charge < -0.3 is 22.0 Å².